The Morgan fingerprint density at radius 2 is 2.20 bits per heavy atom. The molecule has 5 heteroatoms. The Morgan fingerprint density at radius 3 is 2.95 bits per heavy atom. The molecule has 0 unspecified atom stereocenters. The van der Waals surface area contributed by atoms with Crippen LogP contribution in [0.4, 0.5) is 0 Å². The SMILES string of the molecule is CCCn1ncnc1CC(=O)c1cccc(OCC)c1. The van der Waals surface area contributed by atoms with Crippen LogP contribution in [0, 0.1) is 0 Å². The van der Waals surface area contributed by atoms with Crippen LogP contribution in [0.25, 0.3) is 0 Å². The van der Waals surface area contributed by atoms with E-state index >= 15 is 0 Å². The quantitative estimate of drug-likeness (QED) is 0.727. The van der Waals surface area contributed by atoms with Crippen molar-refractivity contribution >= 4 is 5.78 Å². The minimum atomic E-state index is 0.0249. The number of nitrogens with zero attached hydrogens (tertiary/aromatic N) is 3. The normalized spacial score (nSPS) is 10.5. The molecule has 5 nitrogen and oxygen atoms in total. The van der Waals surface area contributed by atoms with Gasteiger partial charge in [-0.15, -0.1) is 0 Å². The molecule has 0 aliphatic heterocycles. The first-order valence-corrected chi connectivity index (χ1v) is 6.87. The first-order valence-electron chi connectivity index (χ1n) is 6.87. The van der Waals surface area contributed by atoms with E-state index in [1.54, 1.807) is 16.8 Å². The highest BCUT2D eigenvalue weighted by molar-refractivity contribution is 5.97. The monoisotopic (exact) mass is 273 g/mol. The van der Waals surface area contributed by atoms with Crippen molar-refractivity contribution in [1.82, 2.24) is 14.8 Å². The zero-order chi connectivity index (χ0) is 14.4. The molecule has 0 spiro atoms. The number of aromatic nitrogens is 3. The number of Topliss-reactive ketones (excluding diaryl/α,β-unsaturated/α-hetero) is 1. The van der Waals surface area contributed by atoms with Gasteiger partial charge >= 0.3 is 0 Å². The molecule has 0 saturated carbocycles. The number of benzene rings is 1. The molecular formula is C15H19N3O2. The zero-order valence-electron chi connectivity index (χ0n) is 11.9. The topological polar surface area (TPSA) is 57.0 Å². The smallest absolute Gasteiger partial charge is 0.170 e. The minimum absolute atomic E-state index is 0.0249. The molecule has 0 saturated heterocycles. The first-order chi connectivity index (χ1) is 9.74. The maximum Gasteiger partial charge on any atom is 0.170 e. The molecule has 1 aromatic carbocycles. The fourth-order valence-electron chi connectivity index (χ4n) is 2.00. The van der Waals surface area contributed by atoms with E-state index in [2.05, 4.69) is 17.0 Å². The van der Waals surface area contributed by atoms with Crippen molar-refractivity contribution in [2.24, 2.45) is 0 Å². The molecule has 0 fully saturated rings. The van der Waals surface area contributed by atoms with Crippen LogP contribution in [0.3, 0.4) is 0 Å². The lowest BCUT2D eigenvalue weighted by atomic mass is 10.1. The number of aryl methyl sites for hydroxylation is 1. The van der Waals surface area contributed by atoms with Crippen molar-refractivity contribution < 1.29 is 9.53 Å². The molecule has 0 N–H and O–H groups in total. The largest absolute Gasteiger partial charge is 0.494 e. The van der Waals surface area contributed by atoms with Gasteiger partial charge < -0.3 is 4.74 Å². The highest BCUT2D eigenvalue weighted by atomic mass is 16.5. The lowest BCUT2D eigenvalue weighted by molar-refractivity contribution is 0.0989. The Morgan fingerprint density at radius 1 is 1.35 bits per heavy atom. The molecule has 1 aromatic heterocycles. The van der Waals surface area contributed by atoms with E-state index in [0.717, 1.165) is 13.0 Å². The van der Waals surface area contributed by atoms with E-state index in [-0.39, 0.29) is 12.2 Å². The molecule has 1 heterocycles. The third-order valence-electron chi connectivity index (χ3n) is 2.92. The second-order valence-electron chi connectivity index (χ2n) is 4.46. The van der Waals surface area contributed by atoms with Crippen LogP contribution in [-0.2, 0) is 13.0 Å². The van der Waals surface area contributed by atoms with Crippen LogP contribution in [0.5, 0.6) is 5.75 Å². The summed E-state index contributed by atoms with van der Waals surface area (Å²) >= 11 is 0. The lowest BCUT2D eigenvalue weighted by Crippen LogP contribution is -2.11. The molecule has 20 heavy (non-hydrogen) atoms. The maximum absolute atomic E-state index is 12.3. The summed E-state index contributed by atoms with van der Waals surface area (Å²) in [7, 11) is 0. The van der Waals surface area contributed by atoms with Gasteiger partial charge in [0.05, 0.1) is 13.0 Å². The van der Waals surface area contributed by atoms with Crippen LogP contribution < -0.4 is 4.74 Å². The second-order valence-corrected chi connectivity index (χ2v) is 4.46. The number of hydrogen-bond acceptors (Lipinski definition) is 4. The molecule has 2 rings (SSSR count). The van der Waals surface area contributed by atoms with Crippen molar-refractivity contribution in [3.05, 3.63) is 42.0 Å². The lowest BCUT2D eigenvalue weighted by Gasteiger charge is -2.06. The second kappa shape index (κ2) is 6.84. The summed E-state index contributed by atoms with van der Waals surface area (Å²) in [6.07, 6.45) is 2.72. The number of carbonyl (C=O) groups excluding carboxylic acids is 1. The van der Waals surface area contributed by atoms with Gasteiger partial charge in [0.15, 0.2) is 5.78 Å². The van der Waals surface area contributed by atoms with E-state index in [1.165, 1.54) is 6.33 Å². The fourth-order valence-corrected chi connectivity index (χ4v) is 2.00. The van der Waals surface area contributed by atoms with Gasteiger partial charge in [-0.2, -0.15) is 5.10 Å². The summed E-state index contributed by atoms with van der Waals surface area (Å²) < 4.78 is 7.19. The number of ether oxygens (including phenoxy) is 1. The number of ketones is 1. The van der Waals surface area contributed by atoms with Crippen LogP contribution in [0.15, 0.2) is 30.6 Å². The maximum atomic E-state index is 12.3. The van der Waals surface area contributed by atoms with Crippen LogP contribution in [-0.4, -0.2) is 27.2 Å². The number of hydrogen-bond donors (Lipinski definition) is 0. The Hall–Kier alpha value is -2.17. The highest BCUT2D eigenvalue weighted by Gasteiger charge is 2.12. The molecule has 2 aromatic rings. The van der Waals surface area contributed by atoms with Gasteiger partial charge in [-0.3, -0.25) is 4.79 Å². The van der Waals surface area contributed by atoms with Gasteiger partial charge in [-0.05, 0) is 25.5 Å². The predicted molar refractivity (Wildman–Crippen MR) is 76.0 cm³/mol. The van der Waals surface area contributed by atoms with E-state index < -0.39 is 0 Å². The van der Waals surface area contributed by atoms with Gasteiger partial charge in [0.1, 0.15) is 17.9 Å². The fraction of sp³-hybridized carbons (Fsp3) is 0.400. The Kier molecular flexibility index (Phi) is 4.87. The minimum Gasteiger partial charge on any atom is -0.494 e. The van der Waals surface area contributed by atoms with Crippen LogP contribution in [0.2, 0.25) is 0 Å². The molecule has 0 atom stereocenters. The summed E-state index contributed by atoms with van der Waals surface area (Å²) in [6.45, 7) is 5.35. The molecule has 0 radical (unpaired) electrons. The summed E-state index contributed by atoms with van der Waals surface area (Å²) in [5, 5.41) is 4.13. The Balaban J connectivity index is 2.11. The van der Waals surface area contributed by atoms with Crippen molar-refractivity contribution in [1.29, 1.82) is 0 Å². The van der Waals surface area contributed by atoms with Gasteiger partial charge in [0, 0.05) is 12.1 Å². The average molecular weight is 273 g/mol. The highest BCUT2D eigenvalue weighted by Crippen LogP contribution is 2.15. The molecule has 0 aliphatic carbocycles. The summed E-state index contributed by atoms with van der Waals surface area (Å²) in [6, 6.07) is 7.24. The third kappa shape index (κ3) is 3.44. The summed E-state index contributed by atoms with van der Waals surface area (Å²) in [4.78, 5) is 16.4. The van der Waals surface area contributed by atoms with Crippen molar-refractivity contribution in [2.45, 2.75) is 33.2 Å². The van der Waals surface area contributed by atoms with Gasteiger partial charge in [0.2, 0.25) is 0 Å². The molecule has 0 amide bonds. The van der Waals surface area contributed by atoms with E-state index in [0.29, 0.717) is 23.7 Å². The Bertz CT molecular complexity index is 578. The van der Waals surface area contributed by atoms with Crippen LogP contribution in [0.1, 0.15) is 36.5 Å². The van der Waals surface area contributed by atoms with Crippen molar-refractivity contribution in [2.75, 3.05) is 6.61 Å². The Labute approximate surface area is 118 Å². The van der Waals surface area contributed by atoms with Crippen LogP contribution >= 0.6 is 0 Å². The van der Waals surface area contributed by atoms with Gasteiger partial charge in [-0.25, -0.2) is 9.67 Å². The molecule has 0 aliphatic rings. The summed E-state index contributed by atoms with van der Waals surface area (Å²) in [5.41, 5.74) is 0.641. The predicted octanol–water partition coefficient (Wildman–Crippen LogP) is 2.51. The first kappa shape index (κ1) is 14.2. The summed E-state index contributed by atoms with van der Waals surface area (Å²) in [5.74, 6) is 1.45. The molecule has 106 valence electrons. The zero-order valence-corrected chi connectivity index (χ0v) is 11.9. The van der Waals surface area contributed by atoms with E-state index in [1.807, 2.05) is 19.1 Å². The van der Waals surface area contributed by atoms with Crippen molar-refractivity contribution in [3.63, 3.8) is 0 Å². The molecule has 0 bridgehead atoms. The third-order valence-corrected chi connectivity index (χ3v) is 2.92. The number of carbonyl (C=O) groups is 1. The average Bonchev–Trinajstić information content (AvgIpc) is 2.87. The molecular weight excluding hydrogens is 254 g/mol. The number of rotatable bonds is 7. The standard InChI is InChI=1S/C15H19N3O2/c1-3-8-18-15(16-11-17-18)10-14(19)12-6-5-7-13(9-12)20-4-2/h5-7,9,11H,3-4,8,10H2,1-2H3. The van der Waals surface area contributed by atoms with E-state index in [9.17, 15) is 4.79 Å². The van der Waals surface area contributed by atoms with Crippen molar-refractivity contribution in [3.8, 4) is 5.75 Å². The van der Waals surface area contributed by atoms with Gasteiger partial charge in [-0.1, -0.05) is 19.1 Å². The van der Waals surface area contributed by atoms with E-state index in [4.69, 9.17) is 4.74 Å². The van der Waals surface area contributed by atoms with Gasteiger partial charge in [0.25, 0.3) is 0 Å².